The lowest BCUT2D eigenvalue weighted by molar-refractivity contribution is 0.473. The van der Waals surface area contributed by atoms with E-state index in [4.69, 9.17) is 4.42 Å². The zero-order chi connectivity index (χ0) is 13.1. The average Bonchev–Trinajstić information content (AvgIpc) is 2.78. The van der Waals surface area contributed by atoms with Crippen LogP contribution in [0.25, 0.3) is 11.3 Å². The molecule has 0 aliphatic carbocycles. The maximum atomic E-state index is 13.2. The number of hydrogen-bond acceptors (Lipinski definition) is 2. The first-order valence-electron chi connectivity index (χ1n) is 6.15. The van der Waals surface area contributed by atoms with Crippen molar-refractivity contribution in [2.45, 2.75) is 33.4 Å². The lowest BCUT2D eigenvalue weighted by Crippen LogP contribution is -2.21. The van der Waals surface area contributed by atoms with Crippen molar-refractivity contribution in [1.29, 1.82) is 0 Å². The molecule has 1 aromatic heterocycles. The molecule has 1 N–H and O–H groups in total. The zero-order valence-corrected chi connectivity index (χ0v) is 11.0. The van der Waals surface area contributed by atoms with Crippen LogP contribution in [0.3, 0.4) is 0 Å². The summed E-state index contributed by atoms with van der Waals surface area (Å²) in [7, 11) is 0. The van der Waals surface area contributed by atoms with E-state index in [1.807, 2.05) is 19.1 Å². The second-order valence-electron chi connectivity index (χ2n) is 4.76. The highest BCUT2D eigenvalue weighted by Gasteiger charge is 2.08. The fourth-order valence-corrected chi connectivity index (χ4v) is 1.78. The van der Waals surface area contributed by atoms with E-state index >= 15 is 0 Å². The van der Waals surface area contributed by atoms with Crippen LogP contribution < -0.4 is 5.32 Å². The van der Waals surface area contributed by atoms with Crippen molar-refractivity contribution in [1.82, 2.24) is 5.32 Å². The molecule has 0 amide bonds. The molecule has 1 aromatic carbocycles. The van der Waals surface area contributed by atoms with Crippen LogP contribution in [0.15, 0.2) is 34.7 Å². The van der Waals surface area contributed by atoms with Crippen molar-refractivity contribution >= 4 is 0 Å². The summed E-state index contributed by atoms with van der Waals surface area (Å²) in [4.78, 5) is 0. The Balaban J connectivity index is 2.21. The maximum Gasteiger partial charge on any atom is 0.134 e. The minimum absolute atomic E-state index is 0.242. The molecule has 1 heterocycles. The van der Waals surface area contributed by atoms with Crippen LogP contribution in [-0.2, 0) is 6.54 Å². The highest BCUT2D eigenvalue weighted by atomic mass is 19.1. The van der Waals surface area contributed by atoms with Gasteiger partial charge >= 0.3 is 0 Å². The maximum absolute atomic E-state index is 13.2. The Morgan fingerprint density at radius 3 is 2.72 bits per heavy atom. The molecule has 2 aromatic rings. The molecule has 0 unspecified atom stereocenters. The van der Waals surface area contributed by atoms with Gasteiger partial charge in [0.1, 0.15) is 17.3 Å². The summed E-state index contributed by atoms with van der Waals surface area (Å²) in [5.74, 6) is 1.34. The molecule has 0 saturated heterocycles. The number of nitrogens with one attached hydrogen (secondary N) is 1. The van der Waals surface area contributed by atoms with Gasteiger partial charge in [-0.25, -0.2) is 4.39 Å². The standard InChI is InChI=1S/C15H18FNO/c1-10(2)17-9-13-6-7-15(18-13)14-8-12(16)5-4-11(14)3/h4-8,10,17H,9H2,1-3H3. The van der Waals surface area contributed by atoms with Crippen molar-refractivity contribution in [3.63, 3.8) is 0 Å². The summed E-state index contributed by atoms with van der Waals surface area (Å²) >= 11 is 0. The monoisotopic (exact) mass is 247 g/mol. The van der Waals surface area contributed by atoms with E-state index in [0.717, 1.165) is 16.9 Å². The molecule has 0 saturated carbocycles. The molecule has 0 spiro atoms. The van der Waals surface area contributed by atoms with Gasteiger partial charge < -0.3 is 9.73 Å². The smallest absolute Gasteiger partial charge is 0.134 e. The van der Waals surface area contributed by atoms with Crippen molar-refractivity contribution in [3.8, 4) is 11.3 Å². The summed E-state index contributed by atoms with van der Waals surface area (Å²) in [6.45, 7) is 6.80. The Morgan fingerprint density at radius 1 is 1.22 bits per heavy atom. The topological polar surface area (TPSA) is 25.2 Å². The third-order valence-electron chi connectivity index (χ3n) is 2.81. The van der Waals surface area contributed by atoms with E-state index in [-0.39, 0.29) is 5.82 Å². The Kier molecular flexibility index (Phi) is 3.82. The molecule has 18 heavy (non-hydrogen) atoms. The molecule has 2 nitrogen and oxygen atoms in total. The first kappa shape index (κ1) is 12.8. The quantitative estimate of drug-likeness (QED) is 0.886. The number of furan rings is 1. The van der Waals surface area contributed by atoms with E-state index in [1.54, 1.807) is 6.07 Å². The van der Waals surface area contributed by atoms with E-state index in [2.05, 4.69) is 19.2 Å². The normalized spacial score (nSPS) is 11.2. The first-order chi connectivity index (χ1) is 8.56. The van der Waals surface area contributed by atoms with Gasteiger partial charge in [0, 0.05) is 11.6 Å². The summed E-state index contributed by atoms with van der Waals surface area (Å²) in [6, 6.07) is 8.96. The van der Waals surface area contributed by atoms with Gasteiger partial charge in [-0.2, -0.15) is 0 Å². The average molecular weight is 247 g/mol. The van der Waals surface area contributed by atoms with Crippen LogP contribution in [0.5, 0.6) is 0 Å². The highest BCUT2D eigenvalue weighted by Crippen LogP contribution is 2.26. The lowest BCUT2D eigenvalue weighted by Gasteiger charge is -2.05. The summed E-state index contributed by atoms with van der Waals surface area (Å²) in [6.07, 6.45) is 0. The van der Waals surface area contributed by atoms with Crippen LogP contribution in [0.4, 0.5) is 4.39 Å². The van der Waals surface area contributed by atoms with Crippen molar-refractivity contribution in [2.75, 3.05) is 0 Å². The van der Waals surface area contributed by atoms with Crippen molar-refractivity contribution in [3.05, 3.63) is 47.5 Å². The molecule has 3 heteroatoms. The fourth-order valence-electron chi connectivity index (χ4n) is 1.78. The minimum atomic E-state index is -0.242. The van der Waals surface area contributed by atoms with Crippen LogP contribution in [0, 0.1) is 12.7 Å². The second kappa shape index (κ2) is 5.36. The van der Waals surface area contributed by atoms with Gasteiger partial charge in [-0.3, -0.25) is 0 Å². The number of hydrogen-bond donors (Lipinski definition) is 1. The first-order valence-corrected chi connectivity index (χ1v) is 6.15. The van der Waals surface area contributed by atoms with Gasteiger partial charge in [-0.05, 0) is 36.8 Å². The predicted octanol–water partition coefficient (Wildman–Crippen LogP) is 3.89. The number of aryl methyl sites for hydroxylation is 1. The SMILES string of the molecule is Cc1ccc(F)cc1-c1ccc(CNC(C)C)o1. The van der Waals surface area contributed by atoms with Gasteiger partial charge in [0.15, 0.2) is 0 Å². The van der Waals surface area contributed by atoms with Gasteiger partial charge in [-0.15, -0.1) is 0 Å². The van der Waals surface area contributed by atoms with Crippen LogP contribution in [0.1, 0.15) is 25.2 Å². The number of rotatable bonds is 4. The molecule has 0 radical (unpaired) electrons. The predicted molar refractivity (Wildman–Crippen MR) is 70.8 cm³/mol. The highest BCUT2D eigenvalue weighted by molar-refractivity contribution is 5.62. The molecule has 0 fully saturated rings. The van der Waals surface area contributed by atoms with Gasteiger partial charge in [0.25, 0.3) is 0 Å². The molecule has 0 atom stereocenters. The number of benzene rings is 1. The summed E-state index contributed by atoms with van der Waals surface area (Å²) in [5.41, 5.74) is 1.82. The Bertz CT molecular complexity index is 531. The van der Waals surface area contributed by atoms with Gasteiger partial charge in [0.2, 0.25) is 0 Å². The van der Waals surface area contributed by atoms with Gasteiger partial charge in [-0.1, -0.05) is 19.9 Å². The minimum Gasteiger partial charge on any atom is -0.460 e. The molecular weight excluding hydrogens is 229 g/mol. The molecule has 96 valence electrons. The largest absolute Gasteiger partial charge is 0.460 e. The zero-order valence-electron chi connectivity index (χ0n) is 11.0. The molecule has 2 rings (SSSR count). The van der Waals surface area contributed by atoms with Crippen LogP contribution in [0.2, 0.25) is 0 Å². The third kappa shape index (κ3) is 2.99. The number of halogens is 1. The summed E-state index contributed by atoms with van der Waals surface area (Å²) < 4.78 is 19.0. The van der Waals surface area contributed by atoms with Crippen molar-refractivity contribution in [2.24, 2.45) is 0 Å². The third-order valence-corrected chi connectivity index (χ3v) is 2.81. The molecule has 0 bridgehead atoms. The Morgan fingerprint density at radius 2 is 2.00 bits per heavy atom. The van der Waals surface area contributed by atoms with Gasteiger partial charge in [0.05, 0.1) is 6.54 Å². The van der Waals surface area contributed by atoms with Crippen molar-refractivity contribution < 1.29 is 8.81 Å². The molecule has 0 aliphatic rings. The Hall–Kier alpha value is -1.61. The van der Waals surface area contributed by atoms with E-state index in [1.165, 1.54) is 12.1 Å². The lowest BCUT2D eigenvalue weighted by atomic mass is 10.1. The van der Waals surface area contributed by atoms with E-state index in [9.17, 15) is 4.39 Å². The Labute approximate surface area is 107 Å². The van der Waals surface area contributed by atoms with Crippen LogP contribution in [-0.4, -0.2) is 6.04 Å². The molecular formula is C15H18FNO. The second-order valence-corrected chi connectivity index (χ2v) is 4.76. The fraction of sp³-hybridized carbons (Fsp3) is 0.333. The molecule has 0 aliphatic heterocycles. The van der Waals surface area contributed by atoms with E-state index in [0.29, 0.717) is 18.3 Å². The van der Waals surface area contributed by atoms with E-state index < -0.39 is 0 Å². The summed E-state index contributed by atoms with van der Waals surface area (Å²) in [5, 5.41) is 3.28. The van der Waals surface area contributed by atoms with Crippen LogP contribution >= 0.6 is 0 Å².